The zero-order valence-corrected chi connectivity index (χ0v) is 10.8. The number of nitrogens with zero attached hydrogens (tertiary/aromatic N) is 3. The van der Waals surface area contributed by atoms with Crippen LogP contribution in [0, 0.1) is 0 Å². The summed E-state index contributed by atoms with van der Waals surface area (Å²) in [5, 5.41) is 0. The molecule has 0 aliphatic heterocycles. The monoisotopic (exact) mass is 242 g/mol. The quantitative estimate of drug-likeness (QED) is 0.837. The fourth-order valence-corrected chi connectivity index (χ4v) is 1.92. The molecule has 2 N–H and O–H groups in total. The van der Waals surface area contributed by atoms with Gasteiger partial charge in [-0.1, -0.05) is 12.1 Å². The average molecular weight is 242 g/mol. The first-order valence-corrected chi connectivity index (χ1v) is 6.17. The fourth-order valence-electron chi connectivity index (χ4n) is 1.92. The molecule has 0 saturated heterocycles. The van der Waals surface area contributed by atoms with E-state index in [0.717, 1.165) is 35.9 Å². The van der Waals surface area contributed by atoms with Crippen molar-refractivity contribution < 1.29 is 0 Å². The average Bonchev–Trinajstić information content (AvgIpc) is 2.41. The normalized spacial score (nSPS) is 10.3. The van der Waals surface area contributed by atoms with Crippen LogP contribution in [0.25, 0.3) is 11.3 Å². The van der Waals surface area contributed by atoms with Crippen molar-refractivity contribution in [3.63, 3.8) is 0 Å². The number of hydrogen-bond acceptors (Lipinski definition) is 4. The second-order valence-electron chi connectivity index (χ2n) is 4.06. The van der Waals surface area contributed by atoms with Crippen molar-refractivity contribution in [1.29, 1.82) is 0 Å². The van der Waals surface area contributed by atoms with Gasteiger partial charge in [0.15, 0.2) is 0 Å². The molecule has 2 rings (SSSR count). The van der Waals surface area contributed by atoms with Crippen molar-refractivity contribution in [1.82, 2.24) is 9.97 Å². The van der Waals surface area contributed by atoms with Crippen LogP contribution in [0.4, 0.5) is 11.5 Å². The highest BCUT2D eigenvalue weighted by molar-refractivity contribution is 5.66. The third-order valence-corrected chi connectivity index (χ3v) is 2.92. The summed E-state index contributed by atoms with van der Waals surface area (Å²) in [6.45, 7) is 6.10. The van der Waals surface area contributed by atoms with Crippen LogP contribution in [-0.4, -0.2) is 23.1 Å². The highest BCUT2D eigenvalue weighted by atomic mass is 15.2. The fraction of sp³-hybridized carbons (Fsp3) is 0.286. The number of benzene rings is 1. The van der Waals surface area contributed by atoms with Crippen LogP contribution in [0.1, 0.15) is 13.8 Å². The smallest absolute Gasteiger partial charge is 0.132 e. The molecule has 1 aromatic carbocycles. The molecule has 0 bridgehead atoms. The molecule has 0 unspecified atom stereocenters. The minimum Gasteiger partial charge on any atom is -0.399 e. The molecule has 0 radical (unpaired) electrons. The van der Waals surface area contributed by atoms with Gasteiger partial charge in [-0.25, -0.2) is 9.97 Å². The second-order valence-corrected chi connectivity index (χ2v) is 4.06. The standard InChI is InChI=1S/C14H18N4/c1-3-18(4-2)14-9-13(16-10-17-14)11-6-5-7-12(15)8-11/h5-10H,3-4,15H2,1-2H3. The van der Waals surface area contributed by atoms with E-state index in [-0.39, 0.29) is 0 Å². The van der Waals surface area contributed by atoms with Gasteiger partial charge in [0.1, 0.15) is 12.1 Å². The maximum Gasteiger partial charge on any atom is 0.132 e. The summed E-state index contributed by atoms with van der Waals surface area (Å²) in [6, 6.07) is 9.74. The van der Waals surface area contributed by atoms with Crippen LogP contribution < -0.4 is 10.6 Å². The number of hydrogen-bond donors (Lipinski definition) is 1. The lowest BCUT2D eigenvalue weighted by Gasteiger charge is -2.19. The first-order valence-electron chi connectivity index (χ1n) is 6.17. The molecule has 0 saturated carbocycles. The van der Waals surface area contributed by atoms with Crippen LogP contribution in [-0.2, 0) is 0 Å². The van der Waals surface area contributed by atoms with Crippen LogP contribution in [0.3, 0.4) is 0 Å². The van der Waals surface area contributed by atoms with Gasteiger partial charge >= 0.3 is 0 Å². The lowest BCUT2D eigenvalue weighted by Crippen LogP contribution is -2.22. The Morgan fingerprint density at radius 3 is 2.56 bits per heavy atom. The van der Waals surface area contributed by atoms with Crippen molar-refractivity contribution >= 4 is 11.5 Å². The molecule has 0 aliphatic carbocycles. The van der Waals surface area contributed by atoms with Gasteiger partial charge in [0.05, 0.1) is 5.69 Å². The van der Waals surface area contributed by atoms with Crippen molar-refractivity contribution in [3.05, 3.63) is 36.7 Å². The predicted octanol–water partition coefficient (Wildman–Crippen LogP) is 2.57. The molecule has 1 heterocycles. The zero-order chi connectivity index (χ0) is 13.0. The predicted molar refractivity (Wildman–Crippen MR) is 75.4 cm³/mol. The van der Waals surface area contributed by atoms with Gasteiger partial charge in [0.2, 0.25) is 0 Å². The second kappa shape index (κ2) is 5.49. The Morgan fingerprint density at radius 1 is 1.11 bits per heavy atom. The van der Waals surface area contributed by atoms with Gasteiger partial charge in [-0.3, -0.25) is 0 Å². The Balaban J connectivity index is 2.38. The lowest BCUT2D eigenvalue weighted by atomic mass is 10.1. The summed E-state index contributed by atoms with van der Waals surface area (Å²) in [6.07, 6.45) is 1.60. The molecule has 4 nitrogen and oxygen atoms in total. The van der Waals surface area contributed by atoms with Crippen molar-refractivity contribution in [2.24, 2.45) is 0 Å². The van der Waals surface area contributed by atoms with Crippen molar-refractivity contribution in [2.75, 3.05) is 23.7 Å². The highest BCUT2D eigenvalue weighted by Crippen LogP contribution is 2.22. The van der Waals surface area contributed by atoms with E-state index in [0.29, 0.717) is 0 Å². The van der Waals surface area contributed by atoms with E-state index < -0.39 is 0 Å². The zero-order valence-electron chi connectivity index (χ0n) is 10.8. The third-order valence-electron chi connectivity index (χ3n) is 2.92. The Morgan fingerprint density at radius 2 is 1.89 bits per heavy atom. The third kappa shape index (κ3) is 2.59. The van der Waals surface area contributed by atoms with Gasteiger partial charge in [-0.2, -0.15) is 0 Å². The van der Waals surface area contributed by atoms with E-state index in [1.54, 1.807) is 6.33 Å². The molecule has 0 fully saturated rings. The number of aromatic nitrogens is 2. The summed E-state index contributed by atoms with van der Waals surface area (Å²) in [5.41, 5.74) is 8.46. The maximum absolute atomic E-state index is 5.79. The molecular formula is C14H18N4. The summed E-state index contributed by atoms with van der Waals surface area (Å²) >= 11 is 0. The summed E-state index contributed by atoms with van der Waals surface area (Å²) in [4.78, 5) is 10.8. The minimum atomic E-state index is 0.746. The van der Waals surface area contributed by atoms with E-state index in [2.05, 4.69) is 28.7 Å². The maximum atomic E-state index is 5.79. The largest absolute Gasteiger partial charge is 0.399 e. The molecule has 2 aromatic rings. The van der Waals surface area contributed by atoms with E-state index in [4.69, 9.17) is 5.73 Å². The number of nitrogen functional groups attached to an aromatic ring is 1. The van der Waals surface area contributed by atoms with Crippen molar-refractivity contribution in [3.8, 4) is 11.3 Å². The first-order chi connectivity index (χ1) is 8.74. The minimum absolute atomic E-state index is 0.746. The Labute approximate surface area is 107 Å². The van der Waals surface area contributed by atoms with Crippen LogP contribution in [0.15, 0.2) is 36.7 Å². The molecule has 1 aromatic heterocycles. The van der Waals surface area contributed by atoms with Gasteiger partial charge in [-0.15, -0.1) is 0 Å². The molecule has 0 spiro atoms. The number of nitrogens with two attached hydrogens (primary N) is 1. The Bertz CT molecular complexity index is 521. The lowest BCUT2D eigenvalue weighted by molar-refractivity contribution is 0.842. The molecular weight excluding hydrogens is 224 g/mol. The van der Waals surface area contributed by atoms with E-state index in [1.165, 1.54) is 0 Å². The van der Waals surface area contributed by atoms with Crippen LogP contribution in [0.5, 0.6) is 0 Å². The summed E-state index contributed by atoms with van der Waals surface area (Å²) in [5.74, 6) is 0.951. The Kier molecular flexibility index (Phi) is 3.77. The molecule has 0 amide bonds. The molecule has 0 atom stereocenters. The van der Waals surface area contributed by atoms with Crippen molar-refractivity contribution in [2.45, 2.75) is 13.8 Å². The molecule has 18 heavy (non-hydrogen) atoms. The highest BCUT2D eigenvalue weighted by Gasteiger charge is 2.06. The molecule has 94 valence electrons. The molecule has 0 aliphatic rings. The van der Waals surface area contributed by atoms with E-state index in [1.807, 2.05) is 30.3 Å². The van der Waals surface area contributed by atoms with Gasteiger partial charge < -0.3 is 10.6 Å². The van der Waals surface area contributed by atoms with E-state index >= 15 is 0 Å². The molecule has 4 heteroatoms. The van der Waals surface area contributed by atoms with E-state index in [9.17, 15) is 0 Å². The van der Waals surface area contributed by atoms with Crippen LogP contribution in [0.2, 0.25) is 0 Å². The van der Waals surface area contributed by atoms with Crippen LogP contribution >= 0.6 is 0 Å². The topological polar surface area (TPSA) is 55.0 Å². The Hall–Kier alpha value is -2.10. The van der Waals surface area contributed by atoms with Gasteiger partial charge in [-0.05, 0) is 26.0 Å². The number of rotatable bonds is 4. The van der Waals surface area contributed by atoms with Gasteiger partial charge in [0, 0.05) is 30.4 Å². The SMILES string of the molecule is CCN(CC)c1cc(-c2cccc(N)c2)ncn1. The number of anilines is 2. The summed E-state index contributed by atoms with van der Waals surface area (Å²) in [7, 11) is 0. The van der Waals surface area contributed by atoms with Gasteiger partial charge in [0.25, 0.3) is 0 Å². The first kappa shape index (κ1) is 12.4. The summed E-state index contributed by atoms with van der Waals surface area (Å²) < 4.78 is 0.